The van der Waals surface area contributed by atoms with E-state index in [-0.39, 0.29) is 12.8 Å². The Morgan fingerprint density at radius 2 is 2.07 bits per heavy atom. The molecule has 42 heavy (non-hydrogen) atoms. The first-order valence-electron chi connectivity index (χ1n) is 12.8. The fraction of sp³-hybridized carbons (Fsp3) is 0.222. The third kappa shape index (κ3) is 6.79. The lowest BCUT2D eigenvalue weighted by Gasteiger charge is -2.19. The summed E-state index contributed by atoms with van der Waals surface area (Å²) in [6.07, 6.45) is 4.69. The highest BCUT2D eigenvalue weighted by atomic mass is 35.5. The Bertz CT molecular complexity index is 1640. The first-order valence-corrected chi connectivity index (χ1v) is 13.2. The highest BCUT2D eigenvalue weighted by molar-refractivity contribution is 6.30. The second-order valence-corrected chi connectivity index (χ2v) is 9.83. The van der Waals surface area contributed by atoms with Crippen molar-refractivity contribution in [1.82, 2.24) is 35.5 Å². The number of hydrogen-bond acceptors (Lipinski definition) is 9. The van der Waals surface area contributed by atoms with Crippen molar-refractivity contribution in [2.24, 2.45) is 0 Å². The van der Waals surface area contributed by atoms with Crippen molar-refractivity contribution >= 4 is 47.0 Å². The van der Waals surface area contributed by atoms with Crippen LogP contribution in [0.2, 0.25) is 5.02 Å². The molecule has 216 valence electrons. The Hall–Kier alpha value is -5.08. The molecule has 2 aromatic heterocycles. The van der Waals surface area contributed by atoms with E-state index in [0.29, 0.717) is 51.2 Å². The summed E-state index contributed by atoms with van der Waals surface area (Å²) in [5.41, 5.74) is 3.19. The van der Waals surface area contributed by atoms with Gasteiger partial charge in [-0.3, -0.25) is 14.9 Å². The van der Waals surface area contributed by atoms with Crippen LogP contribution in [0, 0.1) is 0 Å². The van der Waals surface area contributed by atoms with Crippen LogP contribution in [0.15, 0.2) is 55.0 Å². The Labute approximate surface area is 244 Å². The molecule has 0 saturated carbocycles. The molecule has 2 bridgehead atoms. The van der Waals surface area contributed by atoms with Crippen LogP contribution >= 0.6 is 11.6 Å². The van der Waals surface area contributed by atoms with E-state index in [2.05, 4.69) is 46.2 Å². The highest BCUT2D eigenvalue weighted by Gasteiger charge is 2.23. The molecule has 3 amide bonds. The summed E-state index contributed by atoms with van der Waals surface area (Å²) in [5.74, 6) is -0.368. The van der Waals surface area contributed by atoms with Crippen molar-refractivity contribution in [2.45, 2.75) is 31.4 Å². The van der Waals surface area contributed by atoms with Gasteiger partial charge in [-0.1, -0.05) is 11.6 Å². The third-order valence-electron chi connectivity index (χ3n) is 6.47. The van der Waals surface area contributed by atoms with Crippen LogP contribution in [0.1, 0.15) is 36.7 Å². The summed E-state index contributed by atoms with van der Waals surface area (Å²) >= 11 is 6.18. The van der Waals surface area contributed by atoms with Crippen LogP contribution in [0.25, 0.3) is 23.0 Å². The summed E-state index contributed by atoms with van der Waals surface area (Å²) in [6, 6.07) is 9.42. The van der Waals surface area contributed by atoms with Crippen LogP contribution < -0.4 is 16.0 Å². The number of imidazole rings is 1. The van der Waals surface area contributed by atoms with Crippen molar-refractivity contribution in [3.05, 3.63) is 71.4 Å². The number of aliphatic hydroxyl groups excluding tert-OH is 1. The lowest BCUT2D eigenvalue weighted by molar-refractivity contribution is -0.119. The average molecular weight is 592 g/mol. The molecule has 0 spiro atoms. The predicted octanol–water partition coefficient (Wildman–Crippen LogP) is 3.24. The van der Waals surface area contributed by atoms with E-state index in [1.807, 2.05) is 0 Å². The molecule has 1 aliphatic rings. The summed E-state index contributed by atoms with van der Waals surface area (Å²) in [4.78, 5) is 45.2. The van der Waals surface area contributed by atoms with Crippen molar-refractivity contribution in [2.75, 3.05) is 17.7 Å². The third-order valence-corrected chi connectivity index (χ3v) is 6.70. The molecule has 0 radical (unpaired) electrons. The number of H-pyrrole nitrogens is 1. The lowest BCUT2D eigenvalue weighted by atomic mass is 10.0. The maximum absolute atomic E-state index is 13.1. The number of aromatic nitrogens is 6. The number of tetrazole rings is 1. The molecule has 0 aliphatic carbocycles. The van der Waals surface area contributed by atoms with E-state index < -0.39 is 30.1 Å². The minimum atomic E-state index is -0.973. The van der Waals surface area contributed by atoms with Crippen LogP contribution in [0.5, 0.6) is 0 Å². The van der Waals surface area contributed by atoms with Crippen molar-refractivity contribution in [3.63, 3.8) is 0 Å². The fourth-order valence-electron chi connectivity index (χ4n) is 4.46. The monoisotopic (exact) mass is 591 g/mol. The van der Waals surface area contributed by atoms with Gasteiger partial charge in [-0.15, -0.1) is 5.10 Å². The van der Waals surface area contributed by atoms with Crippen molar-refractivity contribution in [3.8, 4) is 16.9 Å². The predicted molar refractivity (Wildman–Crippen MR) is 153 cm³/mol. The van der Waals surface area contributed by atoms with E-state index in [9.17, 15) is 19.5 Å². The molecule has 2 atom stereocenters. The number of anilines is 2. The van der Waals surface area contributed by atoms with E-state index in [0.717, 1.165) is 0 Å². The number of halogens is 1. The normalized spacial score (nSPS) is 17.0. The number of carbonyl (C=O) groups is 3. The smallest absolute Gasteiger partial charge is 0.411 e. The van der Waals surface area contributed by atoms with E-state index in [4.69, 9.17) is 11.6 Å². The number of benzene rings is 2. The molecule has 0 fully saturated rings. The number of methoxy groups -OCH3 is 1. The molecular weight excluding hydrogens is 566 g/mol. The first-order chi connectivity index (χ1) is 20.3. The Morgan fingerprint density at radius 1 is 1.21 bits per heavy atom. The molecule has 15 heteroatoms. The zero-order chi connectivity index (χ0) is 29.6. The van der Waals surface area contributed by atoms with Gasteiger partial charge in [0.05, 0.1) is 48.9 Å². The number of hydrogen-bond donors (Lipinski definition) is 5. The van der Waals surface area contributed by atoms with Gasteiger partial charge in [-0.2, -0.15) is 4.68 Å². The number of ether oxygens (including phenoxy) is 1. The Morgan fingerprint density at radius 3 is 2.86 bits per heavy atom. The number of fused-ring (bicyclic) bond motifs is 4. The Balaban J connectivity index is 1.41. The minimum absolute atomic E-state index is 0.164. The summed E-state index contributed by atoms with van der Waals surface area (Å²) in [7, 11) is 1.24. The highest BCUT2D eigenvalue weighted by Crippen LogP contribution is 2.32. The number of aromatic amines is 1. The van der Waals surface area contributed by atoms with Gasteiger partial charge < -0.3 is 25.5 Å². The molecule has 2 unspecified atom stereocenters. The average Bonchev–Trinajstić information content (AvgIpc) is 3.67. The number of rotatable bonds is 5. The maximum Gasteiger partial charge on any atom is 0.411 e. The second kappa shape index (κ2) is 12.6. The van der Waals surface area contributed by atoms with Gasteiger partial charge in [-0.25, -0.2) is 9.78 Å². The molecule has 2 aromatic carbocycles. The summed E-state index contributed by atoms with van der Waals surface area (Å²) < 4.78 is 6.09. The van der Waals surface area contributed by atoms with Crippen LogP contribution in [-0.2, 0) is 14.3 Å². The summed E-state index contributed by atoms with van der Waals surface area (Å²) in [5, 5.41) is 30.5. The number of nitrogens with one attached hydrogen (secondary N) is 4. The molecule has 5 N–H and O–H groups in total. The van der Waals surface area contributed by atoms with Crippen LogP contribution in [-0.4, -0.2) is 66.4 Å². The van der Waals surface area contributed by atoms with Crippen LogP contribution in [0.4, 0.5) is 16.2 Å². The lowest BCUT2D eigenvalue weighted by Crippen LogP contribution is -2.29. The van der Waals surface area contributed by atoms with Gasteiger partial charge in [0, 0.05) is 27.9 Å². The molecule has 0 saturated heterocycles. The van der Waals surface area contributed by atoms with Gasteiger partial charge >= 0.3 is 6.09 Å². The van der Waals surface area contributed by atoms with E-state index >= 15 is 0 Å². The van der Waals surface area contributed by atoms with Gasteiger partial charge in [0.1, 0.15) is 12.2 Å². The van der Waals surface area contributed by atoms with Gasteiger partial charge in [0.2, 0.25) is 11.8 Å². The first kappa shape index (κ1) is 28.4. The standard InChI is InChI=1S/C27H26ClN9O5/c1-42-27(41)31-17-4-6-19-21(11-17)33-25(40)12-18(38)5-7-20(26-29-13-22(19)34-26)32-24(39)9-2-15-10-16(28)3-8-23(15)37-14-30-35-36-37/h2-4,6,8-11,13-14,18,20,38H,5,7,12H2,1H3,(H,29,34)(H,31,41)(H,32,39)(H,33,40). The topological polar surface area (TPSA) is 189 Å². The number of nitrogens with zero attached hydrogens (tertiary/aromatic N) is 5. The molecule has 3 heterocycles. The van der Waals surface area contributed by atoms with E-state index in [1.165, 1.54) is 24.2 Å². The molecular formula is C27H26ClN9O5. The maximum atomic E-state index is 13.1. The van der Waals surface area contributed by atoms with Crippen LogP contribution in [0.3, 0.4) is 0 Å². The largest absolute Gasteiger partial charge is 0.453 e. The molecule has 5 rings (SSSR count). The quantitative estimate of drug-likeness (QED) is 0.217. The van der Waals surface area contributed by atoms with Gasteiger partial charge in [0.15, 0.2) is 0 Å². The number of aliphatic hydroxyl groups is 1. The van der Waals surface area contributed by atoms with Crippen molar-refractivity contribution in [1.29, 1.82) is 0 Å². The Kier molecular flexibility index (Phi) is 8.55. The number of amides is 3. The second-order valence-electron chi connectivity index (χ2n) is 9.39. The molecule has 14 nitrogen and oxygen atoms in total. The summed E-state index contributed by atoms with van der Waals surface area (Å²) in [6.45, 7) is 0. The van der Waals surface area contributed by atoms with Crippen molar-refractivity contribution < 1.29 is 24.2 Å². The fourth-order valence-corrected chi connectivity index (χ4v) is 4.64. The van der Waals surface area contributed by atoms with Gasteiger partial charge in [0.25, 0.3) is 0 Å². The van der Waals surface area contributed by atoms with E-state index in [1.54, 1.807) is 48.7 Å². The zero-order valence-electron chi connectivity index (χ0n) is 22.2. The molecule has 1 aliphatic heterocycles. The minimum Gasteiger partial charge on any atom is -0.453 e. The number of carbonyl (C=O) groups excluding carboxylic acids is 3. The zero-order valence-corrected chi connectivity index (χ0v) is 23.0. The molecule has 4 aromatic rings. The van der Waals surface area contributed by atoms with Gasteiger partial charge in [-0.05, 0) is 65.7 Å². The SMILES string of the molecule is COC(=O)Nc1ccc2c(c1)NC(=O)CC(O)CCC(NC(=O)C=Cc1cc(Cl)ccc1-n1cnnn1)c1ncc-2[nH]1.